The number of nitrogens with zero attached hydrogens (tertiary/aromatic N) is 2. The summed E-state index contributed by atoms with van der Waals surface area (Å²) in [7, 11) is 3.19. The number of nitrogens with two attached hydrogens (primary N) is 1. The maximum atomic E-state index is 9.73. The van der Waals surface area contributed by atoms with E-state index in [2.05, 4.69) is 27.3 Å². The van der Waals surface area contributed by atoms with Gasteiger partial charge < -0.3 is 25.6 Å². The van der Waals surface area contributed by atoms with E-state index in [0.717, 1.165) is 37.3 Å². The third-order valence-electron chi connectivity index (χ3n) is 4.84. The highest BCUT2D eigenvalue weighted by atomic mass is 127. The molecule has 1 fully saturated rings. The molecule has 2 aromatic rings. The quantitative estimate of drug-likeness (QED) is 0.300. The number of likely N-dealkylation sites (tertiary alicyclic amines) is 1. The van der Waals surface area contributed by atoms with E-state index in [9.17, 15) is 5.11 Å². The van der Waals surface area contributed by atoms with Crippen LogP contribution in [0, 0.1) is 0 Å². The van der Waals surface area contributed by atoms with E-state index in [1.807, 2.05) is 30.3 Å². The summed E-state index contributed by atoms with van der Waals surface area (Å²) in [6, 6.07) is 13.7. The second-order valence-electron chi connectivity index (χ2n) is 6.84. The Bertz CT molecular complexity index is 831. The molecule has 0 radical (unpaired) electrons. The van der Waals surface area contributed by atoms with Crippen molar-refractivity contribution in [3.63, 3.8) is 0 Å². The fourth-order valence-corrected chi connectivity index (χ4v) is 3.33. The molecule has 158 valence electrons. The van der Waals surface area contributed by atoms with Crippen LogP contribution < -0.4 is 20.5 Å². The van der Waals surface area contributed by atoms with Gasteiger partial charge in [0, 0.05) is 31.4 Å². The number of anilines is 1. The Kier molecular flexibility index (Phi) is 8.99. The van der Waals surface area contributed by atoms with Crippen LogP contribution in [0.4, 0.5) is 5.69 Å². The highest BCUT2D eigenvalue weighted by molar-refractivity contribution is 14.0. The first-order chi connectivity index (χ1) is 13.6. The standard InChI is InChI=1S/C21H28N4O3.HI/c1-27-19-8-7-17(11-20(19)28-2)24-21(22)23-12-15-5-3-4-6-16(15)13-25-10-9-18(26)14-25;/h3-8,11,18,26H,9-10,12-14H2,1-2H3,(H3,22,23,24);1H. The van der Waals surface area contributed by atoms with Crippen LogP contribution in [0.2, 0.25) is 0 Å². The van der Waals surface area contributed by atoms with Gasteiger partial charge in [-0.05, 0) is 29.7 Å². The smallest absolute Gasteiger partial charge is 0.193 e. The summed E-state index contributed by atoms with van der Waals surface area (Å²) < 4.78 is 10.5. The lowest BCUT2D eigenvalue weighted by atomic mass is 10.1. The number of aliphatic imine (C=N–C) groups is 1. The van der Waals surface area contributed by atoms with Crippen molar-refractivity contribution in [3.05, 3.63) is 53.6 Å². The number of guanidine groups is 1. The van der Waals surface area contributed by atoms with Gasteiger partial charge in [0.15, 0.2) is 17.5 Å². The molecule has 0 saturated carbocycles. The van der Waals surface area contributed by atoms with Crippen molar-refractivity contribution in [1.29, 1.82) is 0 Å². The molecule has 4 N–H and O–H groups in total. The molecule has 8 heteroatoms. The average Bonchev–Trinajstić information content (AvgIpc) is 3.12. The summed E-state index contributed by atoms with van der Waals surface area (Å²) in [5, 5.41) is 12.8. The fraction of sp³-hybridized carbons (Fsp3) is 0.381. The molecule has 0 amide bonds. The molecule has 1 saturated heterocycles. The van der Waals surface area contributed by atoms with Gasteiger partial charge in [-0.2, -0.15) is 0 Å². The zero-order chi connectivity index (χ0) is 19.9. The number of ether oxygens (including phenoxy) is 2. The van der Waals surface area contributed by atoms with Gasteiger partial charge in [-0.3, -0.25) is 4.90 Å². The topological polar surface area (TPSA) is 92.3 Å². The van der Waals surface area contributed by atoms with E-state index in [4.69, 9.17) is 15.2 Å². The van der Waals surface area contributed by atoms with Crippen molar-refractivity contribution < 1.29 is 14.6 Å². The number of halogens is 1. The molecule has 1 atom stereocenters. The molecule has 29 heavy (non-hydrogen) atoms. The number of rotatable bonds is 7. The minimum Gasteiger partial charge on any atom is -0.493 e. The maximum Gasteiger partial charge on any atom is 0.193 e. The number of methoxy groups -OCH3 is 2. The van der Waals surface area contributed by atoms with E-state index in [1.165, 1.54) is 5.56 Å². The van der Waals surface area contributed by atoms with Crippen molar-refractivity contribution in [1.82, 2.24) is 4.90 Å². The average molecular weight is 512 g/mol. The molecule has 2 aromatic carbocycles. The molecule has 1 aliphatic rings. The molecule has 0 aromatic heterocycles. The van der Waals surface area contributed by atoms with E-state index in [1.54, 1.807) is 14.2 Å². The van der Waals surface area contributed by atoms with Crippen LogP contribution in [0.25, 0.3) is 0 Å². The highest BCUT2D eigenvalue weighted by Crippen LogP contribution is 2.29. The minimum absolute atomic E-state index is 0. The van der Waals surface area contributed by atoms with Gasteiger partial charge in [0.2, 0.25) is 0 Å². The number of hydrogen-bond donors (Lipinski definition) is 3. The van der Waals surface area contributed by atoms with Crippen LogP contribution in [-0.4, -0.2) is 49.4 Å². The first-order valence-electron chi connectivity index (χ1n) is 9.35. The molecule has 3 rings (SSSR count). The van der Waals surface area contributed by atoms with E-state index < -0.39 is 0 Å². The Morgan fingerprint density at radius 1 is 1.17 bits per heavy atom. The number of benzene rings is 2. The van der Waals surface area contributed by atoms with E-state index in [0.29, 0.717) is 24.0 Å². The van der Waals surface area contributed by atoms with Gasteiger partial charge in [-0.1, -0.05) is 24.3 Å². The van der Waals surface area contributed by atoms with E-state index in [-0.39, 0.29) is 30.1 Å². The zero-order valence-electron chi connectivity index (χ0n) is 16.8. The van der Waals surface area contributed by atoms with Crippen LogP contribution in [0.3, 0.4) is 0 Å². The predicted octanol–water partition coefficient (Wildman–Crippen LogP) is 2.82. The minimum atomic E-state index is -0.216. The van der Waals surface area contributed by atoms with Crippen molar-refractivity contribution in [2.75, 3.05) is 32.6 Å². The third kappa shape index (κ3) is 6.48. The summed E-state index contributed by atoms with van der Waals surface area (Å²) in [6.45, 7) is 2.94. The fourth-order valence-electron chi connectivity index (χ4n) is 3.33. The van der Waals surface area contributed by atoms with Gasteiger partial charge in [0.1, 0.15) is 0 Å². The molecular formula is C21H29IN4O3. The molecule has 0 spiro atoms. The summed E-state index contributed by atoms with van der Waals surface area (Å²) >= 11 is 0. The Hall–Kier alpha value is -2.04. The lowest BCUT2D eigenvalue weighted by molar-refractivity contribution is 0.174. The van der Waals surface area contributed by atoms with Crippen LogP contribution in [0.15, 0.2) is 47.5 Å². The summed E-state index contributed by atoms with van der Waals surface area (Å²) in [4.78, 5) is 6.74. The maximum absolute atomic E-state index is 9.73. The van der Waals surface area contributed by atoms with Crippen LogP contribution >= 0.6 is 24.0 Å². The zero-order valence-corrected chi connectivity index (χ0v) is 19.1. The normalized spacial score (nSPS) is 16.9. The Labute approximate surface area is 188 Å². The molecule has 7 nitrogen and oxygen atoms in total. The van der Waals surface area contributed by atoms with Crippen molar-refractivity contribution >= 4 is 35.6 Å². The molecule has 1 aliphatic heterocycles. The lowest BCUT2D eigenvalue weighted by Gasteiger charge is -2.17. The molecule has 1 unspecified atom stereocenters. The van der Waals surface area contributed by atoms with E-state index >= 15 is 0 Å². The predicted molar refractivity (Wildman–Crippen MR) is 126 cm³/mol. The second-order valence-corrected chi connectivity index (χ2v) is 6.84. The van der Waals surface area contributed by atoms with Crippen molar-refractivity contribution in [2.45, 2.75) is 25.6 Å². The van der Waals surface area contributed by atoms with Gasteiger partial charge in [0.25, 0.3) is 0 Å². The number of aliphatic hydroxyl groups is 1. The molecule has 1 heterocycles. The number of aliphatic hydroxyl groups excluding tert-OH is 1. The SMILES string of the molecule is COc1ccc(NC(N)=NCc2ccccc2CN2CCC(O)C2)cc1OC.I. The Morgan fingerprint density at radius 2 is 1.90 bits per heavy atom. The second kappa shape index (κ2) is 11.2. The third-order valence-corrected chi connectivity index (χ3v) is 4.84. The first-order valence-corrected chi connectivity index (χ1v) is 9.35. The summed E-state index contributed by atoms with van der Waals surface area (Å²) in [5.74, 6) is 1.61. The largest absolute Gasteiger partial charge is 0.493 e. The molecular weight excluding hydrogens is 483 g/mol. The Balaban J connectivity index is 0.00000300. The van der Waals surface area contributed by atoms with Gasteiger partial charge in [-0.15, -0.1) is 24.0 Å². The highest BCUT2D eigenvalue weighted by Gasteiger charge is 2.20. The van der Waals surface area contributed by atoms with Crippen molar-refractivity contribution in [3.8, 4) is 11.5 Å². The summed E-state index contributed by atoms with van der Waals surface area (Å²) in [6.07, 6.45) is 0.620. The molecule has 0 bridgehead atoms. The Morgan fingerprint density at radius 3 is 2.55 bits per heavy atom. The van der Waals surface area contributed by atoms with Gasteiger partial charge in [-0.25, -0.2) is 4.99 Å². The van der Waals surface area contributed by atoms with Gasteiger partial charge >= 0.3 is 0 Å². The van der Waals surface area contributed by atoms with Crippen LogP contribution in [-0.2, 0) is 13.1 Å². The summed E-state index contributed by atoms with van der Waals surface area (Å²) in [5.41, 5.74) is 9.18. The van der Waals surface area contributed by atoms with Crippen LogP contribution in [0.1, 0.15) is 17.5 Å². The number of β-amino-alcohol motifs (C(OH)–C–C–N with tert-alkyl or cyclic N) is 1. The molecule has 0 aliphatic carbocycles. The lowest BCUT2D eigenvalue weighted by Crippen LogP contribution is -2.23. The van der Waals surface area contributed by atoms with Crippen molar-refractivity contribution in [2.24, 2.45) is 10.7 Å². The van der Waals surface area contributed by atoms with Crippen LogP contribution in [0.5, 0.6) is 11.5 Å². The van der Waals surface area contributed by atoms with Gasteiger partial charge in [0.05, 0.1) is 26.9 Å². The first kappa shape index (κ1) is 23.2. The number of hydrogen-bond acceptors (Lipinski definition) is 5. The number of nitrogens with one attached hydrogen (secondary N) is 1. The monoisotopic (exact) mass is 512 g/mol.